The summed E-state index contributed by atoms with van der Waals surface area (Å²) in [4.78, 5) is 7.87. The van der Waals surface area contributed by atoms with E-state index in [1.807, 2.05) is 13.8 Å². The zero-order valence-electron chi connectivity index (χ0n) is 6.16. The van der Waals surface area contributed by atoms with E-state index in [-0.39, 0.29) is 0 Å². The third-order valence-corrected chi connectivity index (χ3v) is 1.03. The van der Waals surface area contributed by atoms with Crippen LogP contribution in [0.25, 0.3) is 0 Å². The van der Waals surface area contributed by atoms with Gasteiger partial charge in [-0.25, -0.2) is 9.97 Å². The molecule has 0 unspecified atom stereocenters. The molecule has 0 spiro atoms. The van der Waals surface area contributed by atoms with Crippen LogP contribution >= 0.6 is 0 Å². The molecule has 1 heterocycles. The summed E-state index contributed by atoms with van der Waals surface area (Å²) < 4.78 is 5.04. The van der Waals surface area contributed by atoms with Gasteiger partial charge in [0.2, 0.25) is 0 Å². The number of aromatic nitrogens is 2. The first-order chi connectivity index (χ1) is 4.83. The van der Waals surface area contributed by atoms with E-state index in [1.165, 1.54) is 0 Å². The Morgan fingerprint density at radius 1 is 1.40 bits per heavy atom. The van der Waals surface area contributed by atoms with Crippen LogP contribution in [0.3, 0.4) is 0 Å². The van der Waals surface area contributed by atoms with Crippen molar-refractivity contribution in [3.63, 3.8) is 0 Å². The van der Waals surface area contributed by atoms with Gasteiger partial charge in [0.25, 0.3) is 0 Å². The van der Waals surface area contributed by atoms with Crippen molar-refractivity contribution in [1.82, 2.24) is 9.97 Å². The Morgan fingerprint density at radius 2 is 2.00 bits per heavy atom. The quantitative estimate of drug-likeness (QED) is 0.615. The highest BCUT2D eigenvalue weighted by atomic mass is 16.5. The molecule has 0 aliphatic carbocycles. The van der Waals surface area contributed by atoms with Crippen molar-refractivity contribution in [2.24, 2.45) is 0 Å². The number of rotatable bonds is 2. The van der Waals surface area contributed by atoms with Crippen molar-refractivity contribution in [2.45, 2.75) is 13.8 Å². The molecule has 0 aliphatic rings. The van der Waals surface area contributed by atoms with Crippen LogP contribution in [0.5, 0.6) is 6.01 Å². The molecule has 0 saturated carbocycles. The van der Waals surface area contributed by atoms with E-state index in [4.69, 9.17) is 4.74 Å². The molecule has 0 N–H and O–H groups in total. The van der Waals surface area contributed by atoms with Gasteiger partial charge in [0, 0.05) is 12.4 Å². The van der Waals surface area contributed by atoms with E-state index in [2.05, 4.69) is 9.97 Å². The van der Waals surface area contributed by atoms with E-state index < -0.39 is 0 Å². The highest BCUT2D eigenvalue weighted by molar-refractivity contribution is 5.04. The first kappa shape index (κ1) is 6.99. The van der Waals surface area contributed by atoms with Gasteiger partial charge < -0.3 is 4.74 Å². The molecule has 1 rings (SSSR count). The first-order valence-corrected chi connectivity index (χ1v) is 3.24. The minimum Gasteiger partial charge on any atom is -0.464 e. The van der Waals surface area contributed by atoms with Gasteiger partial charge in [0.15, 0.2) is 0 Å². The number of hydrogen-bond acceptors (Lipinski definition) is 3. The van der Waals surface area contributed by atoms with Crippen LogP contribution in [0.1, 0.15) is 12.5 Å². The molecule has 54 valence electrons. The van der Waals surface area contributed by atoms with Gasteiger partial charge in [-0.05, 0) is 19.4 Å². The molecule has 0 aliphatic heterocycles. The topological polar surface area (TPSA) is 35.0 Å². The average molecular weight is 138 g/mol. The number of aryl methyl sites for hydroxylation is 1. The molecule has 0 bridgehead atoms. The van der Waals surface area contributed by atoms with Crippen molar-refractivity contribution in [3.05, 3.63) is 18.0 Å². The fraction of sp³-hybridized carbons (Fsp3) is 0.429. The third-order valence-electron chi connectivity index (χ3n) is 1.03. The molecule has 0 amide bonds. The Kier molecular flexibility index (Phi) is 2.20. The summed E-state index contributed by atoms with van der Waals surface area (Å²) in [6.45, 7) is 4.46. The van der Waals surface area contributed by atoms with Gasteiger partial charge >= 0.3 is 6.01 Å². The van der Waals surface area contributed by atoms with Crippen LogP contribution in [0.4, 0.5) is 0 Å². The van der Waals surface area contributed by atoms with Crippen LogP contribution in [-0.4, -0.2) is 16.6 Å². The lowest BCUT2D eigenvalue weighted by molar-refractivity contribution is 0.312. The Balaban J connectivity index is 2.69. The van der Waals surface area contributed by atoms with Gasteiger partial charge in [-0.15, -0.1) is 0 Å². The highest BCUT2D eigenvalue weighted by Crippen LogP contribution is 1.99. The lowest BCUT2D eigenvalue weighted by Crippen LogP contribution is -1.96. The Morgan fingerprint density at radius 3 is 2.50 bits per heavy atom. The molecule has 3 nitrogen and oxygen atoms in total. The summed E-state index contributed by atoms with van der Waals surface area (Å²) in [5.41, 5.74) is 1.04. The fourth-order valence-corrected chi connectivity index (χ4v) is 0.584. The van der Waals surface area contributed by atoms with Gasteiger partial charge in [0.1, 0.15) is 0 Å². The van der Waals surface area contributed by atoms with Crippen molar-refractivity contribution in [1.29, 1.82) is 0 Å². The number of ether oxygens (including phenoxy) is 1. The Hall–Kier alpha value is -1.12. The predicted octanol–water partition coefficient (Wildman–Crippen LogP) is 1.18. The lowest BCUT2D eigenvalue weighted by Gasteiger charge is -1.98. The van der Waals surface area contributed by atoms with Crippen molar-refractivity contribution in [3.8, 4) is 6.01 Å². The van der Waals surface area contributed by atoms with E-state index in [1.54, 1.807) is 12.4 Å². The molecule has 0 atom stereocenters. The maximum absolute atomic E-state index is 5.04. The summed E-state index contributed by atoms with van der Waals surface area (Å²) in [7, 11) is 0. The summed E-state index contributed by atoms with van der Waals surface area (Å²) >= 11 is 0. The largest absolute Gasteiger partial charge is 0.464 e. The average Bonchev–Trinajstić information content (AvgIpc) is 1.95. The van der Waals surface area contributed by atoms with Gasteiger partial charge in [0.05, 0.1) is 6.61 Å². The summed E-state index contributed by atoms with van der Waals surface area (Å²) in [6, 6.07) is 0.452. The molecular weight excluding hydrogens is 128 g/mol. The second kappa shape index (κ2) is 3.15. The molecule has 0 saturated heterocycles. The maximum atomic E-state index is 5.04. The SMILES string of the molecule is CCOc1ncc(C)cn1. The van der Waals surface area contributed by atoms with Crippen LogP contribution in [-0.2, 0) is 0 Å². The van der Waals surface area contributed by atoms with Crippen LogP contribution in [0.2, 0.25) is 0 Å². The summed E-state index contributed by atoms with van der Waals surface area (Å²) in [6.07, 6.45) is 3.47. The molecule has 10 heavy (non-hydrogen) atoms. The Labute approximate surface area is 60.1 Å². The normalized spacial score (nSPS) is 9.40. The monoisotopic (exact) mass is 138 g/mol. The third kappa shape index (κ3) is 1.69. The maximum Gasteiger partial charge on any atom is 0.316 e. The van der Waals surface area contributed by atoms with E-state index in [0.717, 1.165) is 5.56 Å². The first-order valence-electron chi connectivity index (χ1n) is 3.24. The molecule has 0 aromatic carbocycles. The minimum atomic E-state index is 0.452. The fourth-order valence-electron chi connectivity index (χ4n) is 0.584. The predicted molar refractivity (Wildman–Crippen MR) is 37.9 cm³/mol. The molecule has 1 aromatic rings. The molecule has 0 fully saturated rings. The second-order valence-electron chi connectivity index (χ2n) is 1.98. The van der Waals surface area contributed by atoms with Crippen LogP contribution < -0.4 is 4.74 Å². The standard InChI is InChI=1S/C7H10N2O/c1-3-10-7-8-4-6(2)5-9-7/h4-5H,3H2,1-2H3. The van der Waals surface area contributed by atoms with Crippen molar-refractivity contribution < 1.29 is 4.74 Å². The smallest absolute Gasteiger partial charge is 0.316 e. The lowest BCUT2D eigenvalue weighted by atomic mass is 10.4. The molecule has 0 radical (unpaired) electrons. The second-order valence-corrected chi connectivity index (χ2v) is 1.98. The molecule has 1 aromatic heterocycles. The number of nitrogens with zero attached hydrogens (tertiary/aromatic N) is 2. The molecule has 3 heteroatoms. The number of hydrogen-bond donors (Lipinski definition) is 0. The Bertz CT molecular complexity index is 195. The highest BCUT2D eigenvalue weighted by Gasteiger charge is 1.91. The summed E-state index contributed by atoms with van der Waals surface area (Å²) in [5, 5.41) is 0. The van der Waals surface area contributed by atoms with Crippen LogP contribution in [0, 0.1) is 6.92 Å². The van der Waals surface area contributed by atoms with Gasteiger partial charge in [-0.3, -0.25) is 0 Å². The zero-order valence-corrected chi connectivity index (χ0v) is 6.16. The van der Waals surface area contributed by atoms with Gasteiger partial charge in [-0.2, -0.15) is 0 Å². The van der Waals surface area contributed by atoms with Crippen molar-refractivity contribution in [2.75, 3.05) is 6.61 Å². The van der Waals surface area contributed by atoms with E-state index in [9.17, 15) is 0 Å². The van der Waals surface area contributed by atoms with Gasteiger partial charge in [-0.1, -0.05) is 0 Å². The zero-order chi connectivity index (χ0) is 7.40. The van der Waals surface area contributed by atoms with Crippen LogP contribution in [0.15, 0.2) is 12.4 Å². The van der Waals surface area contributed by atoms with E-state index >= 15 is 0 Å². The van der Waals surface area contributed by atoms with Crippen molar-refractivity contribution >= 4 is 0 Å². The van der Waals surface area contributed by atoms with E-state index in [0.29, 0.717) is 12.6 Å². The summed E-state index contributed by atoms with van der Waals surface area (Å²) in [5.74, 6) is 0. The molecular formula is C7H10N2O. The minimum absolute atomic E-state index is 0.452.